The highest BCUT2D eigenvalue weighted by Crippen LogP contribution is 2.48. The van der Waals surface area contributed by atoms with Gasteiger partial charge in [0.15, 0.2) is 23.6 Å². The monoisotopic (exact) mass is 632 g/mol. The summed E-state index contributed by atoms with van der Waals surface area (Å²) in [6, 6.07) is 16.1. The number of nitrogens with one attached hydrogen (secondary N) is 1. The van der Waals surface area contributed by atoms with Crippen LogP contribution in [0.1, 0.15) is 44.9 Å². The first-order valence-corrected chi connectivity index (χ1v) is 15.6. The number of carbonyl (C=O) groups is 3. The fraction of sp³-hybridized carbons (Fsp3) is 0.324. The van der Waals surface area contributed by atoms with Crippen LogP contribution >= 0.6 is 11.8 Å². The zero-order valence-electron chi connectivity index (χ0n) is 25.9. The molecule has 3 aromatic rings. The molecule has 0 radical (unpaired) electrons. The molecule has 2 unspecified atom stereocenters. The number of rotatable bonds is 11. The third-order valence-corrected chi connectivity index (χ3v) is 8.50. The molecule has 0 spiro atoms. The lowest BCUT2D eigenvalue weighted by Gasteiger charge is -2.39. The van der Waals surface area contributed by atoms with E-state index in [-0.39, 0.29) is 25.7 Å². The summed E-state index contributed by atoms with van der Waals surface area (Å²) in [5.74, 6) is 0.165. The van der Waals surface area contributed by atoms with Crippen molar-refractivity contribution in [2.24, 2.45) is 0 Å². The number of methoxy groups -OCH3 is 1. The van der Waals surface area contributed by atoms with E-state index in [1.165, 1.54) is 18.9 Å². The van der Waals surface area contributed by atoms with Gasteiger partial charge in [0.25, 0.3) is 5.91 Å². The van der Waals surface area contributed by atoms with E-state index in [0.29, 0.717) is 39.8 Å². The van der Waals surface area contributed by atoms with Crippen molar-refractivity contribution < 1.29 is 38.1 Å². The van der Waals surface area contributed by atoms with Gasteiger partial charge in [-0.1, -0.05) is 48.2 Å². The zero-order chi connectivity index (χ0) is 32.1. The van der Waals surface area contributed by atoms with Crippen LogP contribution in [0.4, 0.5) is 0 Å². The summed E-state index contributed by atoms with van der Waals surface area (Å²) in [5.41, 5.74) is 1.94. The summed E-state index contributed by atoms with van der Waals surface area (Å²) in [5, 5.41) is 5.26. The van der Waals surface area contributed by atoms with E-state index in [0.717, 1.165) is 22.1 Å². The third kappa shape index (κ3) is 6.44. The van der Waals surface area contributed by atoms with Gasteiger partial charge in [-0.15, -0.1) is 0 Å². The van der Waals surface area contributed by atoms with Crippen LogP contribution in [0.5, 0.6) is 17.2 Å². The van der Waals surface area contributed by atoms with Crippen LogP contribution in [0, 0.1) is 0 Å². The second-order valence-corrected chi connectivity index (χ2v) is 11.3. The molecule has 2 atom stereocenters. The van der Waals surface area contributed by atoms with Crippen molar-refractivity contribution in [3.63, 3.8) is 0 Å². The molecule has 1 N–H and O–H groups in total. The highest BCUT2D eigenvalue weighted by Gasteiger charge is 2.48. The molecular formula is C34H36N2O8S. The molecule has 236 valence electrons. The van der Waals surface area contributed by atoms with E-state index in [1.54, 1.807) is 43.9 Å². The Morgan fingerprint density at radius 2 is 1.64 bits per heavy atom. The minimum atomic E-state index is -0.786. The topological polar surface area (TPSA) is 113 Å². The quantitative estimate of drug-likeness (QED) is 0.213. The molecule has 0 aliphatic carbocycles. The number of ether oxygens (including phenoxy) is 5. The van der Waals surface area contributed by atoms with Crippen LogP contribution < -0.4 is 19.5 Å². The second kappa shape index (κ2) is 14.0. The molecular weight excluding hydrogens is 596 g/mol. The highest BCUT2D eigenvalue weighted by molar-refractivity contribution is 8.05. The first kappa shape index (κ1) is 31.8. The lowest BCUT2D eigenvalue weighted by atomic mass is 9.93. The number of fused-ring (bicyclic) bond motifs is 2. The summed E-state index contributed by atoms with van der Waals surface area (Å²) in [7, 11) is 1.48. The first-order chi connectivity index (χ1) is 21.8. The summed E-state index contributed by atoms with van der Waals surface area (Å²) < 4.78 is 27.5. The number of allylic oxidation sites excluding steroid dienone is 1. The lowest BCUT2D eigenvalue weighted by Crippen LogP contribution is -2.50. The summed E-state index contributed by atoms with van der Waals surface area (Å²) >= 11 is 1.38. The maximum Gasteiger partial charge on any atom is 0.344 e. The summed E-state index contributed by atoms with van der Waals surface area (Å²) in [6.07, 6.45) is 1.88. The van der Waals surface area contributed by atoms with Gasteiger partial charge in [0.1, 0.15) is 5.75 Å². The van der Waals surface area contributed by atoms with E-state index in [9.17, 15) is 14.4 Å². The summed E-state index contributed by atoms with van der Waals surface area (Å²) in [4.78, 5) is 41.6. The molecule has 2 aliphatic rings. The molecule has 2 heterocycles. The smallest absolute Gasteiger partial charge is 0.344 e. The lowest BCUT2D eigenvalue weighted by molar-refractivity contribution is -0.145. The van der Waals surface area contributed by atoms with Crippen LogP contribution in [0.2, 0.25) is 0 Å². The normalized spacial score (nSPS) is 18.5. The fourth-order valence-electron chi connectivity index (χ4n) is 5.47. The number of esters is 2. The average molecular weight is 633 g/mol. The van der Waals surface area contributed by atoms with Gasteiger partial charge in [-0.3, -0.25) is 9.69 Å². The zero-order valence-corrected chi connectivity index (χ0v) is 26.7. The van der Waals surface area contributed by atoms with Crippen molar-refractivity contribution >= 4 is 46.5 Å². The molecule has 0 saturated carbocycles. The molecule has 1 amide bonds. The van der Waals surface area contributed by atoms with Gasteiger partial charge in [0.2, 0.25) is 0 Å². The largest absolute Gasteiger partial charge is 0.493 e. The molecule has 1 saturated heterocycles. The van der Waals surface area contributed by atoms with E-state index < -0.39 is 23.5 Å². The number of hydrogen-bond acceptors (Lipinski definition) is 10. The van der Waals surface area contributed by atoms with Crippen LogP contribution in [0.25, 0.3) is 16.8 Å². The molecule has 45 heavy (non-hydrogen) atoms. The molecule has 0 aromatic heterocycles. The fourth-order valence-corrected chi connectivity index (χ4v) is 6.68. The Labute approximate surface area is 266 Å². The van der Waals surface area contributed by atoms with Gasteiger partial charge in [-0.05, 0) is 68.5 Å². The molecule has 2 aliphatic heterocycles. The van der Waals surface area contributed by atoms with Gasteiger partial charge in [0.05, 0.1) is 43.5 Å². The van der Waals surface area contributed by atoms with Gasteiger partial charge < -0.3 is 29.0 Å². The van der Waals surface area contributed by atoms with Crippen LogP contribution in [-0.4, -0.2) is 61.8 Å². The third-order valence-electron chi connectivity index (χ3n) is 7.39. The summed E-state index contributed by atoms with van der Waals surface area (Å²) in [6.45, 7) is 7.87. The van der Waals surface area contributed by atoms with E-state index in [2.05, 4.69) is 5.32 Å². The van der Waals surface area contributed by atoms with Crippen molar-refractivity contribution in [3.8, 4) is 17.2 Å². The van der Waals surface area contributed by atoms with Crippen molar-refractivity contribution in [1.29, 1.82) is 0 Å². The predicted molar refractivity (Wildman–Crippen MR) is 172 cm³/mol. The van der Waals surface area contributed by atoms with Crippen molar-refractivity contribution in [1.82, 2.24) is 10.2 Å². The van der Waals surface area contributed by atoms with E-state index in [1.807, 2.05) is 49.4 Å². The Hall–Kier alpha value is -4.64. The van der Waals surface area contributed by atoms with Crippen molar-refractivity contribution in [2.45, 2.75) is 39.2 Å². The van der Waals surface area contributed by atoms with Crippen molar-refractivity contribution in [3.05, 3.63) is 81.9 Å². The Morgan fingerprint density at radius 3 is 2.36 bits per heavy atom. The Kier molecular flexibility index (Phi) is 9.87. The number of carbonyl (C=O) groups excluding carboxylic acids is 3. The minimum Gasteiger partial charge on any atom is -0.493 e. The second-order valence-electron chi connectivity index (χ2n) is 10.1. The van der Waals surface area contributed by atoms with E-state index in [4.69, 9.17) is 23.7 Å². The van der Waals surface area contributed by atoms with Crippen LogP contribution in [0.15, 0.2) is 70.8 Å². The first-order valence-electron chi connectivity index (χ1n) is 14.8. The highest BCUT2D eigenvalue weighted by atomic mass is 32.2. The SMILES string of the molecule is CCOC(=O)COc1ccc(C2C(C(=O)OCC)=C(C)NC3S/C(=C\c4ccc(OCC)c5ccccc45)C(=O)N32)cc1OC. The molecule has 0 bridgehead atoms. The maximum atomic E-state index is 14.2. The standard InChI is InChI=1S/C34H36N2O8S/c1-6-41-25-15-13-21(23-11-9-10-12-24(23)25)18-28-32(38)36-31(30(33(39)43-8-3)20(4)35-34(36)45-28)22-14-16-26(27(17-22)40-5)44-19-29(37)42-7-2/h9-18,31,34-35H,6-8,19H2,1-5H3/b28-18-. The van der Waals surface area contributed by atoms with Crippen LogP contribution in [-0.2, 0) is 23.9 Å². The molecule has 1 fully saturated rings. The molecule has 5 rings (SSSR count). The number of benzene rings is 3. The number of hydrogen-bond donors (Lipinski definition) is 1. The van der Waals surface area contributed by atoms with Crippen LogP contribution in [0.3, 0.4) is 0 Å². The maximum absolute atomic E-state index is 14.2. The molecule has 11 heteroatoms. The van der Waals surface area contributed by atoms with Gasteiger partial charge in [0, 0.05) is 11.1 Å². The number of amides is 1. The van der Waals surface area contributed by atoms with Crippen molar-refractivity contribution in [2.75, 3.05) is 33.5 Å². The molecule has 10 nitrogen and oxygen atoms in total. The van der Waals surface area contributed by atoms with Gasteiger partial charge >= 0.3 is 11.9 Å². The average Bonchev–Trinajstić information content (AvgIpc) is 3.34. The van der Waals surface area contributed by atoms with Gasteiger partial charge in [-0.2, -0.15) is 0 Å². The Balaban J connectivity index is 1.55. The molecule has 3 aromatic carbocycles. The Bertz CT molecular complexity index is 1680. The number of nitrogens with zero attached hydrogens (tertiary/aromatic N) is 1. The van der Waals surface area contributed by atoms with E-state index >= 15 is 0 Å². The van der Waals surface area contributed by atoms with Gasteiger partial charge in [-0.25, -0.2) is 9.59 Å². The predicted octanol–water partition coefficient (Wildman–Crippen LogP) is 5.57. The number of thioether (sulfide) groups is 1. The minimum absolute atomic E-state index is 0.175. The Morgan fingerprint density at radius 1 is 0.911 bits per heavy atom.